The van der Waals surface area contributed by atoms with E-state index in [1.807, 2.05) is 19.1 Å². The van der Waals surface area contributed by atoms with Crippen molar-refractivity contribution >= 4 is 0 Å². The maximum absolute atomic E-state index is 9.65. The summed E-state index contributed by atoms with van der Waals surface area (Å²) in [6.07, 6.45) is 0.524. The Kier molecular flexibility index (Phi) is 5.78. The molecule has 1 unspecified atom stereocenters. The Bertz CT molecular complexity index is 444. The first-order valence-corrected chi connectivity index (χ1v) is 7.30. The highest BCUT2D eigenvalue weighted by molar-refractivity contribution is 5.32. The van der Waals surface area contributed by atoms with Crippen molar-refractivity contribution in [2.24, 2.45) is 0 Å². The second-order valence-electron chi connectivity index (χ2n) is 5.09. The van der Waals surface area contributed by atoms with Crippen LogP contribution in [0.15, 0.2) is 60.7 Å². The van der Waals surface area contributed by atoms with E-state index in [4.69, 9.17) is 0 Å². The van der Waals surface area contributed by atoms with Crippen molar-refractivity contribution in [2.45, 2.75) is 25.4 Å². The van der Waals surface area contributed by atoms with E-state index in [0.29, 0.717) is 12.5 Å². The highest BCUT2D eigenvalue weighted by atomic mass is 16.3. The Hall–Kier alpha value is -1.64. The van der Waals surface area contributed by atoms with Gasteiger partial charge in [-0.05, 0) is 17.5 Å². The van der Waals surface area contributed by atoms with Gasteiger partial charge in [0, 0.05) is 19.0 Å². The van der Waals surface area contributed by atoms with Crippen LogP contribution in [0.3, 0.4) is 0 Å². The van der Waals surface area contributed by atoms with Gasteiger partial charge < -0.3 is 10.4 Å². The lowest BCUT2D eigenvalue weighted by Crippen LogP contribution is -2.30. The minimum atomic E-state index is -0.262. The van der Waals surface area contributed by atoms with E-state index < -0.39 is 0 Å². The number of nitrogens with one attached hydrogen (secondary N) is 1. The van der Waals surface area contributed by atoms with Crippen LogP contribution in [0.4, 0.5) is 0 Å². The summed E-state index contributed by atoms with van der Waals surface area (Å²) < 4.78 is 0. The average Bonchev–Trinajstić information content (AvgIpc) is 2.53. The topological polar surface area (TPSA) is 32.3 Å². The van der Waals surface area contributed by atoms with E-state index in [1.165, 1.54) is 11.1 Å². The Labute approximate surface area is 121 Å². The molecule has 0 aromatic heterocycles. The number of rotatable bonds is 7. The number of benzene rings is 2. The molecule has 2 aromatic carbocycles. The van der Waals surface area contributed by atoms with Crippen LogP contribution in [0, 0.1) is 0 Å². The number of hydrogen-bond acceptors (Lipinski definition) is 2. The highest BCUT2D eigenvalue weighted by Gasteiger charge is 2.13. The lowest BCUT2D eigenvalue weighted by molar-refractivity contribution is 0.167. The van der Waals surface area contributed by atoms with Gasteiger partial charge in [-0.3, -0.25) is 0 Å². The first-order valence-electron chi connectivity index (χ1n) is 7.30. The molecule has 106 valence electrons. The van der Waals surface area contributed by atoms with Crippen LogP contribution < -0.4 is 5.32 Å². The van der Waals surface area contributed by atoms with Crippen molar-refractivity contribution < 1.29 is 5.11 Å². The zero-order valence-electron chi connectivity index (χ0n) is 12.0. The quantitative estimate of drug-likeness (QED) is 0.809. The molecular weight excluding hydrogens is 246 g/mol. The zero-order chi connectivity index (χ0) is 14.2. The molecule has 0 amide bonds. The van der Waals surface area contributed by atoms with Crippen LogP contribution in [0.2, 0.25) is 0 Å². The molecule has 2 N–H and O–H groups in total. The third-order valence-corrected chi connectivity index (χ3v) is 3.60. The molecule has 0 aliphatic heterocycles. The molecule has 0 aliphatic carbocycles. The van der Waals surface area contributed by atoms with E-state index in [-0.39, 0.29) is 6.10 Å². The first-order chi connectivity index (χ1) is 9.81. The minimum absolute atomic E-state index is 0.262. The van der Waals surface area contributed by atoms with Crippen LogP contribution in [0.1, 0.15) is 30.4 Å². The summed E-state index contributed by atoms with van der Waals surface area (Å²) in [5, 5.41) is 13.0. The molecule has 20 heavy (non-hydrogen) atoms. The second-order valence-corrected chi connectivity index (χ2v) is 5.09. The Morgan fingerprint density at radius 1 is 0.850 bits per heavy atom. The van der Waals surface area contributed by atoms with Crippen molar-refractivity contribution in [3.63, 3.8) is 0 Å². The number of aliphatic hydroxyl groups excluding tert-OH is 1. The van der Waals surface area contributed by atoms with E-state index in [0.717, 1.165) is 13.0 Å². The fraction of sp³-hybridized carbons (Fsp3) is 0.333. The molecule has 0 aliphatic rings. The molecule has 2 heteroatoms. The van der Waals surface area contributed by atoms with Gasteiger partial charge in [0.2, 0.25) is 0 Å². The van der Waals surface area contributed by atoms with Crippen molar-refractivity contribution in [2.75, 3.05) is 13.1 Å². The standard InChI is InChI=1S/C18H23NO/c1-2-17(20)13-19-14-18(15-9-5-3-6-10-15)16-11-7-4-8-12-16/h3-12,17-20H,2,13-14H2,1H3. The number of hydrogen-bond donors (Lipinski definition) is 2. The van der Waals surface area contributed by atoms with Gasteiger partial charge in [0.1, 0.15) is 0 Å². The maximum atomic E-state index is 9.65. The Morgan fingerprint density at radius 2 is 1.35 bits per heavy atom. The van der Waals surface area contributed by atoms with Crippen LogP contribution >= 0.6 is 0 Å². The summed E-state index contributed by atoms with van der Waals surface area (Å²) in [4.78, 5) is 0. The third-order valence-electron chi connectivity index (χ3n) is 3.60. The van der Waals surface area contributed by atoms with Gasteiger partial charge in [-0.25, -0.2) is 0 Å². The maximum Gasteiger partial charge on any atom is 0.0662 e. The molecule has 2 aromatic rings. The first kappa shape index (κ1) is 14.8. The van der Waals surface area contributed by atoms with E-state index in [2.05, 4.69) is 53.8 Å². The fourth-order valence-electron chi connectivity index (χ4n) is 2.34. The summed E-state index contributed by atoms with van der Waals surface area (Å²) in [7, 11) is 0. The van der Waals surface area contributed by atoms with Crippen LogP contribution in [-0.2, 0) is 0 Å². The van der Waals surface area contributed by atoms with Crippen LogP contribution in [0.5, 0.6) is 0 Å². The van der Waals surface area contributed by atoms with Gasteiger partial charge in [-0.2, -0.15) is 0 Å². The second kappa shape index (κ2) is 7.83. The molecule has 0 bridgehead atoms. The fourth-order valence-corrected chi connectivity index (χ4v) is 2.34. The van der Waals surface area contributed by atoms with Crippen molar-refractivity contribution in [1.82, 2.24) is 5.32 Å². The third kappa shape index (κ3) is 4.19. The van der Waals surface area contributed by atoms with E-state index >= 15 is 0 Å². The van der Waals surface area contributed by atoms with Gasteiger partial charge in [0.05, 0.1) is 6.10 Å². The van der Waals surface area contributed by atoms with E-state index in [1.54, 1.807) is 0 Å². The summed E-state index contributed by atoms with van der Waals surface area (Å²) in [6, 6.07) is 21.0. The zero-order valence-corrected chi connectivity index (χ0v) is 12.0. The normalized spacial score (nSPS) is 12.6. The minimum Gasteiger partial charge on any atom is -0.392 e. The average molecular weight is 269 g/mol. The Balaban J connectivity index is 2.09. The molecule has 2 rings (SSSR count). The SMILES string of the molecule is CCC(O)CNCC(c1ccccc1)c1ccccc1. The predicted octanol–water partition coefficient (Wildman–Crippen LogP) is 3.18. The largest absolute Gasteiger partial charge is 0.392 e. The van der Waals surface area contributed by atoms with Gasteiger partial charge in [0.25, 0.3) is 0 Å². The molecule has 0 saturated heterocycles. The van der Waals surface area contributed by atoms with E-state index in [9.17, 15) is 5.11 Å². The summed E-state index contributed by atoms with van der Waals surface area (Å²) in [5.41, 5.74) is 2.61. The molecule has 0 saturated carbocycles. The highest BCUT2D eigenvalue weighted by Crippen LogP contribution is 2.23. The number of aliphatic hydroxyl groups is 1. The lowest BCUT2D eigenvalue weighted by Gasteiger charge is -2.20. The van der Waals surface area contributed by atoms with Crippen LogP contribution in [-0.4, -0.2) is 24.3 Å². The molecular formula is C18H23NO. The molecule has 0 heterocycles. The van der Waals surface area contributed by atoms with Gasteiger partial charge in [-0.15, -0.1) is 0 Å². The van der Waals surface area contributed by atoms with Crippen molar-refractivity contribution in [3.8, 4) is 0 Å². The summed E-state index contributed by atoms with van der Waals surface area (Å²) >= 11 is 0. The molecule has 0 radical (unpaired) electrons. The summed E-state index contributed by atoms with van der Waals surface area (Å²) in [6.45, 7) is 3.48. The molecule has 0 spiro atoms. The monoisotopic (exact) mass is 269 g/mol. The summed E-state index contributed by atoms with van der Waals surface area (Å²) in [5.74, 6) is 0.321. The van der Waals surface area contributed by atoms with Gasteiger partial charge in [-0.1, -0.05) is 67.6 Å². The Morgan fingerprint density at radius 3 is 1.80 bits per heavy atom. The lowest BCUT2D eigenvalue weighted by atomic mass is 9.91. The molecule has 1 atom stereocenters. The molecule has 2 nitrogen and oxygen atoms in total. The molecule has 0 fully saturated rings. The van der Waals surface area contributed by atoms with Crippen LogP contribution in [0.25, 0.3) is 0 Å². The van der Waals surface area contributed by atoms with Gasteiger partial charge >= 0.3 is 0 Å². The predicted molar refractivity (Wildman–Crippen MR) is 83.9 cm³/mol. The van der Waals surface area contributed by atoms with Crippen molar-refractivity contribution in [1.29, 1.82) is 0 Å². The smallest absolute Gasteiger partial charge is 0.0662 e. The van der Waals surface area contributed by atoms with Gasteiger partial charge in [0.15, 0.2) is 0 Å². The van der Waals surface area contributed by atoms with Crippen molar-refractivity contribution in [3.05, 3.63) is 71.8 Å².